The quantitative estimate of drug-likeness (QED) is 0.0900. The van der Waals surface area contributed by atoms with Gasteiger partial charge >= 0.3 is 12.1 Å². The molecular formula is C45H62FN3O9S. The van der Waals surface area contributed by atoms with E-state index in [1.54, 1.807) is 22.3 Å². The number of halogens is 1. The monoisotopic (exact) mass is 839 g/mol. The minimum Gasteiger partial charge on any atom is -0.554 e. The van der Waals surface area contributed by atoms with Crippen molar-refractivity contribution in [3.63, 3.8) is 0 Å². The van der Waals surface area contributed by atoms with Crippen molar-refractivity contribution in [3.8, 4) is 5.75 Å². The molecule has 0 unspecified atom stereocenters. The van der Waals surface area contributed by atoms with E-state index in [1.165, 1.54) is 68.5 Å². The van der Waals surface area contributed by atoms with Crippen LogP contribution < -0.4 is 19.8 Å². The van der Waals surface area contributed by atoms with Gasteiger partial charge in [-0.05, 0) is 112 Å². The first-order chi connectivity index (χ1) is 28.5. The van der Waals surface area contributed by atoms with Gasteiger partial charge in [-0.25, -0.2) is 9.18 Å². The van der Waals surface area contributed by atoms with E-state index in [4.69, 9.17) is 34.0 Å². The normalized spacial score (nSPS) is 23.4. The summed E-state index contributed by atoms with van der Waals surface area (Å²) in [5.41, 5.74) is 2.55. The first kappa shape index (κ1) is 47.2. The molecule has 0 spiro atoms. The standard InChI is InChI=1S/C29H34FN2O3S.C14H26NO2.2CH2O2/c1-21-12-17-36-28(21)19-31(26-9-8-24(30)18-22(26)2)29(33)35-27-20-32(13-10-23(27)11-14-32)15-16-34-25-6-4-3-5-7-25;1-2-17-14(16)5-3-4-9-15-10-6-13(7-11-15)8-12-15;2*2-1-3/h3-9,12,17-18,23,27H,10-11,13-16,19-20H2,1-2H3;13H,2-12H2,1H3;2*1H,(H,2,3)/q2*+1;;/p-2/t23?,27-,32?;;;/m0.../s1. The minimum absolute atomic E-state index is 0.0233. The Labute approximate surface area is 352 Å². The summed E-state index contributed by atoms with van der Waals surface area (Å²) in [5, 5.41) is 18.5. The lowest BCUT2D eigenvalue weighted by Crippen LogP contribution is -2.65. The van der Waals surface area contributed by atoms with Gasteiger partial charge in [-0.2, -0.15) is 0 Å². The smallest absolute Gasteiger partial charge is 0.415 e. The fourth-order valence-corrected chi connectivity index (χ4v) is 9.93. The van der Waals surface area contributed by atoms with E-state index >= 15 is 0 Å². The highest BCUT2D eigenvalue weighted by Gasteiger charge is 2.48. The summed E-state index contributed by atoms with van der Waals surface area (Å²) < 4.78 is 33.3. The minimum atomic E-state index is -0.500. The molecule has 6 aliphatic rings. The lowest BCUT2D eigenvalue weighted by atomic mass is 9.83. The summed E-state index contributed by atoms with van der Waals surface area (Å²) in [6, 6.07) is 16.5. The Bertz CT molecular complexity index is 1720. The van der Waals surface area contributed by atoms with Crippen LogP contribution in [-0.4, -0.2) is 106 Å². The van der Waals surface area contributed by atoms with Gasteiger partial charge in [0.15, 0.2) is 6.10 Å². The number of carboxylic acid groups (broad SMARTS) is 2. The molecule has 324 valence electrons. The molecule has 2 aromatic carbocycles. The second kappa shape index (κ2) is 23.9. The van der Waals surface area contributed by atoms with Crippen LogP contribution in [-0.2, 0) is 30.4 Å². The van der Waals surface area contributed by atoms with Gasteiger partial charge in [-0.1, -0.05) is 18.2 Å². The zero-order valence-corrected chi connectivity index (χ0v) is 35.7. The van der Waals surface area contributed by atoms with Crippen molar-refractivity contribution in [1.29, 1.82) is 0 Å². The summed E-state index contributed by atoms with van der Waals surface area (Å²) >= 11 is 1.62. The Hall–Kier alpha value is -4.53. The molecule has 4 bridgehead atoms. The first-order valence-electron chi connectivity index (χ1n) is 20.9. The molecule has 1 atom stereocenters. The molecule has 7 heterocycles. The molecule has 6 saturated heterocycles. The van der Waals surface area contributed by atoms with E-state index in [1.807, 2.05) is 56.5 Å². The predicted octanol–water partition coefficient (Wildman–Crippen LogP) is 5.42. The number of amides is 1. The second-order valence-corrected chi connectivity index (χ2v) is 17.1. The number of quaternary nitrogens is 2. The van der Waals surface area contributed by atoms with E-state index in [0.717, 1.165) is 77.6 Å². The summed E-state index contributed by atoms with van der Waals surface area (Å²) in [7, 11) is 0. The molecule has 1 aromatic heterocycles. The number of thiophene rings is 1. The largest absolute Gasteiger partial charge is 0.554 e. The summed E-state index contributed by atoms with van der Waals surface area (Å²) in [4.78, 5) is 44.2. The number of carbonyl (C=O) groups excluding carboxylic acids is 4. The molecule has 6 aliphatic heterocycles. The molecule has 12 nitrogen and oxygen atoms in total. The number of esters is 1. The van der Waals surface area contributed by atoms with Crippen molar-refractivity contribution in [2.45, 2.75) is 84.8 Å². The number of carbonyl (C=O) groups is 4. The van der Waals surface area contributed by atoms with E-state index < -0.39 is 12.9 Å². The Morgan fingerprint density at radius 2 is 1.51 bits per heavy atom. The van der Waals surface area contributed by atoms with E-state index in [0.29, 0.717) is 37.8 Å². The van der Waals surface area contributed by atoms with Crippen molar-refractivity contribution >= 4 is 42.0 Å². The molecule has 9 rings (SSSR count). The van der Waals surface area contributed by atoms with Gasteiger partial charge in [0.25, 0.3) is 0 Å². The average Bonchev–Trinajstić information content (AvgIpc) is 3.65. The van der Waals surface area contributed by atoms with Gasteiger partial charge < -0.3 is 43.0 Å². The van der Waals surface area contributed by atoms with Gasteiger partial charge in [0.2, 0.25) is 0 Å². The lowest BCUT2D eigenvalue weighted by molar-refractivity contribution is -0.946. The number of hydrogen-bond donors (Lipinski definition) is 0. The van der Waals surface area contributed by atoms with E-state index in [-0.39, 0.29) is 24.0 Å². The van der Waals surface area contributed by atoms with Gasteiger partial charge in [0.1, 0.15) is 31.3 Å². The van der Waals surface area contributed by atoms with Crippen molar-refractivity contribution in [2.24, 2.45) is 11.8 Å². The number of ether oxygens (including phenoxy) is 3. The lowest BCUT2D eigenvalue weighted by Gasteiger charge is -2.52. The molecular weight excluding hydrogens is 778 g/mol. The Morgan fingerprint density at radius 3 is 2.10 bits per heavy atom. The molecule has 6 fully saturated rings. The maximum absolute atomic E-state index is 13.8. The summed E-state index contributed by atoms with van der Waals surface area (Å²) in [6.45, 7) is 15.7. The van der Waals surface area contributed by atoms with Crippen LogP contribution in [0.5, 0.6) is 5.75 Å². The van der Waals surface area contributed by atoms with E-state index in [9.17, 15) is 14.0 Å². The summed E-state index contributed by atoms with van der Waals surface area (Å²) in [6.07, 6.45) is 8.76. The van der Waals surface area contributed by atoms with Crippen LogP contribution in [0.25, 0.3) is 0 Å². The maximum Gasteiger partial charge on any atom is 0.415 e. The molecule has 59 heavy (non-hydrogen) atoms. The Morgan fingerprint density at radius 1 is 0.864 bits per heavy atom. The van der Waals surface area contributed by atoms with Gasteiger partial charge in [0.05, 0.1) is 58.1 Å². The van der Waals surface area contributed by atoms with Gasteiger partial charge in [0, 0.05) is 43.0 Å². The molecule has 0 aliphatic carbocycles. The molecule has 1 amide bonds. The molecule has 0 radical (unpaired) electrons. The number of benzene rings is 2. The van der Waals surface area contributed by atoms with Crippen molar-refractivity contribution in [3.05, 3.63) is 81.8 Å². The number of fused-ring (bicyclic) bond motifs is 6. The maximum atomic E-state index is 13.8. The molecule has 14 heteroatoms. The Kier molecular flexibility index (Phi) is 19.1. The number of unbranched alkanes of at least 4 members (excludes halogenated alkanes) is 1. The van der Waals surface area contributed by atoms with Gasteiger partial charge in [-0.3, -0.25) is 9.69 Å². The highest BCUT2D eigenvalue weighted by Crippen LogP contribution is 2.37. The van der Waals surface area contributed by atoms with Gasteiger partial charge in [-0.15, -0.1) is 11.3 Å². The summed E-state index contributed by atoms with van der Waals surface area (Å²) in [5.74, 6) is 1.99. The first-order valence-corrected chi connectivity index (χ1v) is 21.8. The van der Waals surface area contributed by atoms with Crippen LogP contribution in [0.15, 0.2) is 60.0 Å². The number of aryl methyl sites for hydroxylation is 2. The number of anilines is 1. The molecule has 3 aromatic rings. The number of rotatable bonds is 14. The number of piperidine rings is 6. The fourth-order valence-electron chi connectivity index (χ4n) is 9.04. The highest BCUT2D eigenvalue weighted by molar-refractivity contribution is 7.10. The average molecular weight is 840 g/mol. The third kappa shape index (κ3) is 14.3. The predicted molar refractivity (Wildman–Crippen MR) is 221 cm³/mol. The number of para-hydroxylation sites is 1. The molecule has 0 N–H and O–H groups in total. The van der Waals surface area contributed by atoms with E-state index in [2.05, 4.69) is 6.07 Å². The van der Waals surface area contributed by atoms with Crippen LogP contribution in [0, 0.1) is 31.5 Å². The fraction of sp³-hybridized carbons (Fsp3) is 0.556. The van der Waals surface area contributed by atoms with Crippen LogP contribution >= 0.6 is 11.3 Å². The zero-order chi connectivity index (χ0) is 42.7. The van der Waals surface area contributed by atoms with Crippen molar-refractivity contribution in [1.82, 2.24) is 0 Å². The van der Waals surface area contributed by atoms with Crippen LogP contribution in [0.3, 0.4) is 0 Å². The highest BCUT2D eigenvalue weighted by atomic mass is 32.1. The topological polar surface area (TPSA) is 145 Å². The van der Waals surface area contributed by atoms with Crippen LogP contribution in [0.1, 0.15) is 74.3 Å². The number of hydrogen-bond acceptors (Lipinski definition) is 10. The van der Waals surface area contributed by atoms with Crippen molar-refractivity contribution < 1.29 is 57.0 Å². The molecule has 0 saturated carbocycles. The third-order valence-corrected chi connectivity index (χ3v) is 13.4. The third-order valence-electron chi connectivity index (χ3n) is 12.4. The van der Waals surface area contributed by atoms with Crippen LogP contribution in [0.4, 0.5) is 14.9 Å². The van der Waals surface area contributed by atoms with Crippen LogP contribution in [0.2, 0.25) is 0 Å². The van der Waals surface area contributed by atoms with Crippen molar-refractivity contribution in [2.75, 3.05) is 70.5 Å². The SMILES string of the molecule is CCOC(=O)CCCC[N+]12CCC(CC1)CC2.Cc1cc(F)ccc1N(Cc1sccc1C)C(=O)O[C@H]1C[N+]2(CCOc3ccccc3)CCC1CC2.O=C[O-].O=C[O-]. The Balaban J connectivity index is 0.000000278. The zero-order valence-electron chi connectivity index (χ0n) is 34.9. The second-order valence-electron chi connectivity index (χ2n) is 16.1. The number of nitrogens with zero attached hydrogens (tertiary/aromatic N) is 3.